The number of rotatable bonds is 1. The van der Waals surface area contributed by atoms with Gasteiger partial charge in [0.1, 0.15) is 0 Å². The Bertz CT molecular complexity index is 651. The minimum Gasteiger partial charge on any atom is -0.350 e. The molecule has 0 aromatic heterocycles. The zero-order chi connectivity index (χ0) is 12.5. The second-order valence-electron chi connectivity index (χ2n) is 4.06. The van der Waals surface area contributed by atoms with Crippen molar-refractivity contribution in [1.29, 1.82) is 0 Å². The summed E-state index contributed by atoms with van der Waals surface area (Å²) in [4.78, 5) is 10.7. The second-order valence-corrected chi connectivity index (χ2v) is 4.06. The van der Waals surface area contributed by atoms with Crippen molar-refractivity contribution in [1.82, 2.24) is 5.43 Å². The van der Waals surface area contributed by atoms with E-state index in [0.717, 1.165) is 16.7 Å². The fraction of sp³-hybridized carbons (Fsp3) is 0. The van der Waals surface area contributed by atoms with Gasteiger partial charge in [-0.15, -0.1) is 0 Å². The van der Waals surface area contributed by atoms with E-state index in [9.17, 15) is 4.79 Å². The summed E-state index contributed by atoms with van der Waals surface area (Å²) in [7, 11) is 0. The maximum Gasteiger partial charge on any atom is 0.332 e. The molecular weight excluding hydrogens is 226 g/mol. The van der Waals surface area contributed by atoms with Gasteiger partial charge in [-0.05, 0) is 28.9 Å². The molecule has 2 aliphatic rings. The summed E-state index contributed by atoms with van der Waals surface area (Å²) >= 11 is 0. The van der Waals surface area contributed by atoms with E-state index in [2.05, 4.69) is 28.7 Å². The number of nitrogens with one attached hydrogen (secondary N) is 1. The van der Waals surface area contributed by atoms with Crippen molar-refractivity contribution < 1.29 is 4.79 Å². The third-order valence-corrected chi connectivity index (χ3v) is 2.92. The number of nitrogens with zero attached hydrogens (tertiary/aromatic N) is 1. The number of carbonyl (C=O) groups excluding carboxylic acids is 1. The molecule has 0 saturated heterocycles. The van der Waals surface area contributed by atoms with Crippen LogP contribution in [-0.4, -0.2) is 11.7 Å². The Kier molecular flexibility index (Phi) is 2.34. The molecule has 18 heavy (non-hydrogen) atoms. The highest BCUT2D eigenvalue weighted by molar-refractivity contribution is 6.26. The van der Waals surface area contributed by atoms with E-state index in [1.807, 2.05) is 30.4 Å². The topological polar surface area (TPSA) is 67.5 Å². The fourth-order valence-electron chi connectivity index (χ4n) is 2.18. The molecule has 0 unspecified atom stereocenters. The van der Waals surface area contributed by atoms with E-state index in [0.29, 0.717) is 5.71 Å². The molecule has 3 N–H and O–H groups in total. The standard InChI is InChI=1S/C14H11N3O/c15-14(18)17-16-13-7-3-6-11-10-5-2-1-4-9(10)8-12(11)13/h1-8H,(H3,15,17,18). The molecule has 0 aliphatic heterocycles. The summed E-state index contributed by atoms with van der Waals surface area (Å²) in [5, 5.41) is 4.00. The molecule has 0 fully saturated rings. The number of benzene rings is 1. The summed E-state index contributed by atoms with van der Waals surface area (Å²) in [5.41, 5.74) is 12.5. The zero-order valence-electron chi connectivity index (χ0n) is 9.55. The van der Waals surface area contributed by atoms with Crippen LogP contribution in [0.5, 0.6) is 0 Å². The Morgan fingerprint density at radius 3 is 2.89 bits per heavy atom. The Hall–Kier alpha value is -2.62. The van der Waals surface area contributed by atoms with Crippen LogP contribution < -0.4 is 11.2 Å². The summed E-state index contributed by atoms with van der Waals surface area (Å²) < 4.78 is 0. The van der Waals surface area contributed by atoms with E-state index in [4.69, 9.17) is 5.73 Å². The largest absolute Gasteiger partial charge is 0.350 e. The van der Waals surface area contributed by atoms with E-state index < -0.39 is 6.03 Å². The minimum absolute atomic E-state index is 0.664. The highest BCUT2D eigenvalue weighted by Gasteiger charge is 2.22. The molecule has 0 bridgehead atoms. The number of nitrogens with two attached hydrogens (primary N) is 1. The number of primary amides is 1. The average molecular weight is 237 g/mol. The fourth-order valence-corrected chi connectivity index (χ4v) is 2.18. The van der Waals surface area contributed by atoms with Crippen LogP contribution in [0.4, 0.5) is 4.79 Å². The molecule has 0 spiro atoms. The van der Waals surface area contributed by atoms with Crippen molar-refractivity contribution in [2.75, 3.05) is 0 Å². The lowest BCUT2D eigenvalue weighted by Crippen LogP contribution is -2.26. The Morgan fingerprint density at radius 1 is 1.22 bits per heavy atom. The molecule has 1 aromatic rings. The zero-order valence-corrected chi connectivity index (χ0v) is 9.55. The number of allylic oxidation sites excluding steroid dienone is 5. The first-order valence-corrected chi connectivity index (χ1v) is 5.59. The third kappa shape index (κ3) is 1.64. The summed E-state index contributed by atoms with van der Waals surface area (Å²) in [6, 6.07) is 7.47. The van der Waals surface area contributed by atoms with Gasteiger partial charge in [0.25, 0.3) is 0 Å². The highest BCUT2D eigenvalue weighted by Crippen LogP contribution is 2.37. The Balaban J connectivity index is 2.03. The quantitative estimate of drug-likeness (QED) is 0.721. The lowest BCUT2D eigenvalue weighted by molar-refractivity contribution is 0.249. The summed E-state index contributed by atoms with van der Waals surface area (Å²) in [5.74, 6) is 0. The van der Waals surface area contributed by atoms with Crippen molar-refractivity contribution >= 4 is 23.4 Å². The van der Waals surface area contributed by atoms with Gasteiger partial charge in [-0.3, -0.25) is 0 Å². The van der Waals surface area contributed by atoms with Crippen LogP contribution in [0.1, 0.15) is 11.1 Å². The number of fused-ring (bicyclic) bond motifs is 3. The normalized spacial score (nSPS) is 17.9. The first-order valence-electron chi connectivity index (χ1n) is 5.59. The molecule has 2 amide bonds. The predicted octanol–water partition coefficient (Wildman–Crippen LogP) is 2.06. The lowest BCUT2D eigenvalue weighted by Gasteiger charge is -2.10. The first kappa shape index (κ1) is 10.5. The second kappa shape index (κ2) is 4.00. The van der Waals surface area contributed by atoms with Gasteiger partial charge in [0.15, 0.2) is 0 Å². The number of hydrogen-bond donors (Lipinski definition) is 2. The number of hydrogen-bond acceptors (Lipinski definition) is 2. The van der Waals surface area contributed by atoms with Gasteiger partial charge in [-0.25, -0.2) is 10.2 Å². The number of amides is 2. The third-order valence-electron chi connectivity index (χ3n) is 2.92. The van der Waals surface area contributed by atoms with Crippen LogP contribution in [0.2, 0.25) is 0 Å². The lowest BCUT2D eigenvalue weighted by atomic mass is 9.96. The van der Waals surface area contributed by atoms with Crippen molar-refractivity contribution in [2.24, 2.45) is 10.8 Å². The van der Waals surface area contributed by atoms with Gasteiger partial charge < -0.3 is 5.73 Å². The maximum absolute atomic E-state index is 10.7. The van der Waals surface area contributed by atoms with Gasteiger partial charge >= 0.3 is 6.03 Å². The Labute approximate surface area is 104 Å². The molecule has 3 rings (SSSR count). The van der Waals surface area contributed by atoms with Crippen LogP contribution in [0.15, 0.2) is 53.2 Å². The van der Waals surface area contributed by atoms with Crippen molar-refractivity contribution in [3.05, 3.63) is 59.2 Å². The number of urea groups is 1. The van der Waals surface area contributed by atoms with Crippen LogP contribution >= 0.6 is 0 Å². The Morgan fingerprint density at radius 2 is 2.06 bits per heavy atom. The predicted molar refractivity (Wildman–Crippen MR) is 71.7 cm³/mol. The van der Waals surface area contributed by atoms with Gasteiger partial charge in [0.05, 0.1) is 5.71 Å². The van der Waals surface area contributed by atoms with E-state index in [1.54, 1.807) is 0 Å². The first-order chi connectivity index (χ1) is 8.75. The maximum atomic E-state index is 10.7. The average Bonchev–Trinajstić information content (AvgIpc) is 2.75. The molecule has 0 atom stereocenters. The molecule has 88 valence electrons. The van der Waals surface area contributed by atoms with E-state index in [-0.39, 0.29) is 0 Å². The molecule has 1 aromatic carbocycles. The van der Waals surface area contributed by atoms with E-state index in [1.165, 1.54) is 5.56 Å². The molecule has 2 aliphatic carbocycles. The van der Waals surface area contributed by atoms with Crippen LogP contribution in [0.25, 0.3) is 11.6 Å². The number of hydrazone groups is 1. The minimum atomic E-state index is -0.664. The monoisotopic (exact) mass is 237 g/mol. The number of carbonyl (C=O) groups is 1. The van der Waals surface area contributed by atoms with Gasteiger partial charge in [-0.2, -0.15) is 5.10 Å². The highest BCUT2D eigenvalue weighted by atomic mass is 16.2. The SMILES string of the molecule is NC(=O)NN=C1C=CC=C2C1=Cc1ccccc12. The van der Waals surface area contributed by atoms with Crippen molar-refractivity contribution in [3.8, 4) is 0 Å². The molecule has 4 heteroatoms. The van der Waals surface area contributed by atoms with Crippen molar-refractivity contribution in [3.63, 3.8) is 0 Å². The van der Waals surface area contributed by atoms with Gasteiger partial charge in [-0.1, -0.05) is 36.4 Å². The van der Waals surface area contributed by atoms with Crippen molar-refractivity contribution in [2.45, 2.75) is 0 Å². The van der Waals surface area contributed by atoms with Crippen LogP contribution in [0.3, 0.4) is 0 Å². The smallest absolute Gasteiger partial charge is 0.332 e. The molecule has 0 radical (unpaired) electrons. The molecule has 4 nitrogen and oxygen atoms in total. The van der Waals surface area contributed by atoms with Crippen LogP contribution in [0, 0.1) is 0 Å². The van der Waals surface area contributed by atoms with Gasteiger partial charge in [0, 0.05) is 5.57 Å². The van der Waals surface area contributed by atoms with Crippen LogP contribution in [-0.2, 0) is 0 Å². The molecule has 0 saturated carbocycles. The molecular formula is C14H11N3O. The van der Waals surface area contributed by atoms with Gasteiger partial charge in [0.2, 0.25) is 0 Å². The summed E-state index contributed by atoms with van der Waals surface area (Å²) in [6.45, 7) is 0. The summed E-state index contributed by atoms with van der Waals surface area (Å²) in [6.07, 6.45) is 7.86. The molecule has 0 heterocycles. The van der Waals surface area contributed by atoms with E-state index >= 15 is 0 Å².